The van der Waals surface area contributed by atoms with E-state index >= 15 is 0 Å². The van der Waals surface area contributed by atoms with Gasteiger partial charge in [0, 0.05) is 37.2 Å². The van der Waals surface area contributed by atoms with E-state index in [4.69, 9.17) is 0 Å². The molecule has 13 aromatic rings. The summed E-state index contributed by atoms with van der Waals surface area (Å²) < 4.78 is 2.64. The third kappa shape index (κ3) is 6.64. The van der Waals surface area contributed by atoms with Crippen LogP contribution in [-0.2, 0) is 10.8 Å². The summed E-state index contributed by atoms with van der Waals surface area (Å²) in [6, 6.07) is 111. The van der Waals surface area contributed by atoms with Gasteiger partial charge in [-0.3, -0.25) is 0 Å². The van der Waals surface area contributed by atoms with E-state index < -0.39 is 10.8 Å². The highest BCUT2D eigenvalue weighted by Crippen LogP contribution is 2.64. The van der Waals surface area contributed by atoms with E-state index in [2.05, 4.69) is 302 Å². The predicted molar refractivity (Wildman–Crippen MR) is 319 cm³/mol. The Hall–Kier alpha value is -9.34. The van der Waals surface area contributed by atoms with E-state index in [0.717, 1.165) is 17.1 Å². The molecule has 356 valence electrons. The fourth-order valence-electron chi connectivity index (χ4n) is 13.2. The third-order valence-electron chi connectivity index (χ3n) is 16.5. The van der Waals surface area contributed by atoms with Crippen LogP contribution in [0.15, 0.2) is 297 Å². The Balaban J connectivity index is 0.839. The maximum absolute atomic E-state index is 2.45. The van der Waals surface area contributed by atoms with Crippen LogP contribution in [0.25, 0.3) is 64.7 Å². The average molecular weight is 984 g/mol. The molecule has 2 heteroatoms. The zero-order valence-electron chi connectivity index (χ0n) is 41.6. The van der Waals surface area contributed by atoms with Gasteiger partial charge in [-0.25, -0.2) is 0 Å². The lowest BCUT2D eigenvalue weighted by Crippen LogP contribution is -2.44. The highest BCUT2D eigenvalue weighted by molar-refractivity contribution is 7.25. The van der Waals surface area contributed by atoms with Crippen LogP contribution in [0.5, 0.6) is 0 Å². The van der Waals surface area contributed by atoms with Crippen molar-refractivity contribution in [2.24, 2.45) is 0 Å². The first kappa shape index (κ1) is 44.2. The summed E-state index contributed by atoms with van der Waals surface area (Å²) in [4.78, 5) is 2.38. The first-order valence-electron chi connectivity index (χ1n) is 26.3. The summed E-state index contributed by atoms with van der Waals surface area (Å²) in [6.45, 7) is 0. The van der Waals surface area contributed by atoms with Crippen molar-refractivity contribution in [3.05, 3.63) is 342 Å². The summed E-state index contributed by atoms with van der Waals surface area (Å²) in [5.41, 5.74) is 22.4. The number of nitrogens with zero attached hydrogens (tertiary/aromatic N) is 1. The molecule has 76 heavy (non-hydrogen) atoms. The minimum atomic E-state index is -0.536. The summed E-state index contributed by atoms with van der Waals surface area (Å²) >= 11 is 1.86. The van der Waals surface area contributed by atoms with Crippen molar-refractivity contribution in [2.45, 2.75) is 10.8 Å². The van der Waals surface area contributed by atoms with Gasteiger partial charge in [0.1, 0.15) is 0 Å². The second kappa shape index (κ2) is 17.7. The van der Waals surface area contributed by atoms with Gasteiger partial charge >= 0.3 is 0 Å². The number of hydrogen-bond donors (Lipinski definition) is 0. The molecule has 0 saturated carbocycles. The lowest BCUT2D eigenvalue weighted by atomic mass is 9.51. The number of thiophene rings is 1. The standard InChI is InChI=1S/C74H49NS/c1-4-18-50(19-5-1)51-32-40-58(41-33-51)75(60-44-36-53(37-45-60)55-39-47-72-64(49-55)62-25-11-17-31-71(62)76-72)59-42-34-52(35-43-59)54-38-46-66-63(48-54)61-24-10-12-26-65(61)74(66)69-29-15-13-27-67(69)73(56-20-6-2-7-21-56,57-22-8-3-9-23-57)68-28-14-16-30-70(68)74/h1-49H. The quantitative estimate of drug-likeness (QED) is 0.147. The van der Waals surface area contributed by atoms with Crippen molar-refractivity contribution in [1.82, 2.24) is 0 Å². The highest BCUT2D eigenvalue weighted by Gasteiger charge is 2.56. The molecule has 0 amide bonds. The van der Waals surface area contributed by atoms with E-state index in [9.17, 15) is 0 Å². The van der Waals surface area contributed by atoms with E-state index in [1.54, 1.807) is 0 Å². The predicted octanol–water partition coefficient (Wildman–Crippen LogP) is 19.6. The second-order valence-electron chi connectivity index (χ2n) is 20.3. The van der Waals surface area contributed by atoms with Crippen LogP contribution in [0.4, 0.5) is 17.1 Å². The Morgan fingerprint density at radius 3 is 1.18 bits per heavy atom. The van der Waals surface area contributed by atoms with Crippen molar-refractivity contribution in [3.8, 4) is 44.5 Å². The van der Waals surface area contributed by atoms with Crippen molar-refractivity contribution in [1.29, 1.82) is 0 Å². The molecule has 2 aliphatic rings. The molecule has 0 N–H and O–H groups in total. The van der Waals surface area contributed by atoms with E-state index in [-0.39, 0.29) is 0 Å². The minimum Gasteiger partial charge on any atom is -0.311 e. The smallest absolute Gasteiger partial charge is 0.0720 e. The zero-order chi connectivity index (χ0) is 50.2. The lowest BCUT2D eigenvalue weighted by molar-refractivity contribution is 0.623. The molecule has 0 fully saturated rings. The molecule has 0 unspecified atom stereocenters. The van der Waals surface area contributed by atoms with Crippen molar-refractivity contribution >= 4 is 48.6 Å². The van der Waals surface area contributed by atoms with Gasteiger partial charge in [0.25, 0.3) is 0 Å². The van der Waals surface area contributed by atoms with Crippen LogP contribution in [-0.4, -0.2) is 0 Å². The molecule has 12 aromatic carbocycles. The normalized spacial score (nSPS) is 13.5. The Morgan fingerprint density at radius 1 is 0.237 bits per heavy atom. The van der Waals surface area contributed by atoms with Gasteiger partial charge in [0.15, 0.2) is 0 Å². The SMILES string of the molecule is c1ccc(-c2ccc(N(c3ccc(-c4ccc5c(c4)-c4ccccc4C54c5ccccc5C(c5ccccc5)(c5ccccc5)c5ccccc54)cc3)c3ccc(-c4ccc5sc6ccccc6c5c4)cc3)cc2)cc1. The summed E-state index contributed by atoms with van der Waals surface area (Å²) in [5, 5.41) is 2.63. The largest absolute Gasteiger partial charge is 0.311 e. The first-order valence-corrected chi connectivity index (χ1v) is 27.1. The van der Waals surface area contributed by atoms with Gasteiger partial charge < -0.3 is 4.90 Å². The maximum Gasteiger partial charge on any atom is 0.0720 e. The van der Waals surface area contributed by atoms with E-state index in [1.807, 2.05) is 11.3 Å². The summed E-state index contributed by atoms with van der Waals surface area (Å²) in [6.07, 6.45) is 0. The second-order valence-corrected chi connectivity index (χ2v) is 21.4. The molecule has 1 spiro atoms. The molecule has 1 heterocycles. The van der Waals surface area contributed by atoms with Crippen LogP contribution in [0.1, 0.15) is 44.5 Å². The van der Waals surface area contributed by atoms with Crippen LogP contribution >= 0.6 is 11.3 Å². The Kier molecular flexibility index (Phi) is 10.3. The molecule has 0 radical (unpaired) electrons. The van der Waals surface area contributed by atoms with Gasteiger partial charge in [-0.2, -0.15) is 0 Å². The summed E-state index contributed by atoms with van der Waals surface area (Å²) in [7, 11) is 0. The Morgan fingerprint density at radius 2 is 0.618 bits per heavy atom. The topological polar surface area (TPSA) is 3.24 Å². The van der Waals surface area contributed by atoms with Crippen LogP contribution < -0.4 is 4.90 Å². The van der Waals surface area contributed by atoms with Crippen LogP contribution in [0.2, 0.25) is 0 Å². The van der Waals surface area contributed by atoms with Crippen LogP contribution in [0.3, 0.4) is 0 Å². The van der Waals surface area contributed by atoms with Gasteiger partial charge in [-0.05, 0) is 150 Å². The molecule has 0 aliphatic heterocycles. The molecular weight excluding hydrogens is 935 g/mol. The Bertz CT molecular complexity index is 4220. The molecule has 0 atom stereocenters. The van der Waals surface area contributed by atoms with Gasteiger partial charge in [-0.1, -0.05) is 237 Å². The maximum atomic E-state index is 2.45. The van der Waals surface area contributed by atoms with Gasteiger partial charge in [0.2, 0.25) is 0 Å². The van der Waals surface area contributed by atoms with E-state index in [1.165, 1.54) is 109 Å². The third-order valence-corrected chi connectivity index (χ3v) is 17.6. The van der Waals surface area contributed by atoms with Crippen molar-refractivity contribution < 1.29 is 0 Å². The molecule has 2 aliphatic carbocycles. The van der Waals surface area contributed by atoms with Crippen molar-refractivity contribution in [2.75, 3.05) is 4.90 Å². The van der Waals surface area contributed by atoms with Crippen LogP contribution in [0, 0.1) is 0 Å². The number of anilines is 3. The summed E-state index contributed by atoms with van der Waals surface area (Å²) in [5.74, 6) is 0. The fourth-order valence-corrected chi connectivity index (χ4v) is 14.3. The van der Waals surface area contributed by atoms with Gasteiger partial charge in [-0.15, -0.1) is 11.3 Å². The lowest BCUT2D eigenvalue weighted by Gasteiger charge is -2.50. The monoisotopic (exact) mass is 983 g/mol. The number of benzene rings is 12. The number of fused-ring (bicyclic) bond motifs is 12. The molecule has 0 saturated heterocycles. The average Bonchev–Trinajstić information content (AvgIpc) is 4.20. The minimum absolute atomic E-state index is 0.533. The molecule has 1 nitrogen and oxygen atoms in total. The number of hydrogen-bond acceptors (Lipinski definition) is 2. The number of rotatable bonds is 8. The Labute approximate surface area is 447 Å². The highest BCUT2D eigenvalue weighted by atomic mass is 32.1. The van der Waals surface area contributed by atoms with Crippen molar-refractivity contribution in [3.63, 3.8) is 0 Å². The molecular formula is C74H49NS. The van der Waals surface area contributed by atoms with E-state index in [0.29, 0.717) is 0 Å². The fraction of sp³-hybridized carbons (Fsp3) is 0.0270. The molecule has 1 aromatic heterocycles. The molecule has 0 bridgehead atoms. The molecule has 15 rings (SSSR count). The first-order chi connectivity index (χ1) is 37.7. The zero-order valence-corrected chi connectivity index (χ0v) is 42.5. The van der Waals surface area contributed by atoms with Gasteiger partial charge in [0.05, 0.1) is 10.8 Å².